The minimum Gasteiger partial charge on any atom is -0.492 e. The molecule has 0 unspecified atom stereocenters. The molecule has 1 amide bonds. The molecule has 1 aromatic heterocycles. The second-order valence-corrected chi connectivity index (χ2v) is 4.54. The Balaban J connectivity index is 2.29. The van der Waals surface area contributed by atoms with E-state index in [-0.39, 0.29) is 5.91 Å². The Morgan fingerprint density at radius 1 is 1.47 bits per heavy atom. The number of aromatic amines is 1. The van der Waals surface area contributed by atoms with Gasteiger partial charge < -0.3 is 9.72 Å². The fraction of sp³-hybridized carbons (Fsp3) is 0.385. The number of carbonyl (C=O) groups excluding carboxylic acids is 1. The quantitative estimate of drug-likeness (QED) is 0.883. The molecule has 6 heteroatoms. The Hall–Kier alpha value is -1.75. The van der Waals surface area contributed by atoms with Crippen LogP contribution in [-0.2, 0) is 4.79 Å². The van der Waals surface area contributed by atoms with E-state index in [1.54, 1.807) is 19.1 Å². The lowest BCUT2D eigenvalue weighted by Crippen LogP contribution is -2.10. The minimum atomic E-state index is -0.0902. The van der Waals surface area contributed by atoms with E-state index in [9.17, 15) is 4.79 Å². The zero-order chi connectivity index (χ0) is 13.8. The van der Waals surface area contributed by atoms with Crippen LogP contribution in [0.3, 0.4) is 0 Å². The third kappa shape index (κ3) is 3.17. The van der Waals surface area contributed by atoms with E-state index in [2.05, 4.69) is 15.3 Å². The summed E-state index contributed by atoms with van der Waals surface area (Å²) in [5.41, 5.74) is 1.47. The molecule has 5 nitrogen and oxygen atoms in total. The first-order valence-electron chi connectivity index (χ1n) is 6.26. The largest absolute Gasteiger partial charge is 0.492 e. The lowest BCUT2D eigenvalue weighted by molar-refractivity contribution is -0.115. The predicted molar refractivity (Wildman–Crippen MR) is 75.8 cm³/mol. The highest BCUT2D eigenvalue weighted by atomic mass is 35.5. The number of carbonyl (C=O) groups is 1. The Morgan fingerprint density at radius 2 is 2.26 bits per heavy atom. The monoisotopic (exact) mass is 281 g/mol. The number of nitrogens with zero attached hydrogens (tertiary/aromatic N) is 1. The summed E-state index contributed by atoms with van der Waals surface area (Å²) in [6.07, 6.45) is 1.31. The number of hydrogen-bond donors (Lipinski definition) is 2. The van der Waals surface area contributed by atoms with Crippen LogP contribution in [0, 0.1) is 0 Å². The Bertz CT molecular complexity index is 595. The molecule has 1 aromatic carbocycles. The van der Waals surface area contributed by atoms with Gasteiger partial charge in [0.05, 0.1) is 22.7 Å². The van der Waals surface area contributed by atoms with Gasteiger partial charge in [-0.3, -0.25) is 10.1 Å². The molecular formula is C13H16ClN3O2. The summed E-state index contributed by atoms with van der Waals surface area (Å²) in [6, 6.07) is 3.52. The normalized spacial score (nSPS) is 10.7. The van der Waals surface area contributed by atoms with Crippen molar-refractivity contribution in [3.8, 4) is 5.75 Å². The predicted octanol–water partition coefficient (Wildman–Crippen LogP) is 3.35. The van der Waals surface area contributed by atoms with Crippen LogP contribution >= 0.6 is 11.6 Å². The van der Waals surface area contributed by atoms with E-state index < -0.39 is 0 Å². The molecule has 0 fully saturated rings. The van der Waals surface area contributed by atoms with Crippen molar-refractivity contribution in [3.05, 3.63) is 17.2 Å². The lowest BCUT2D eigenvalue weighted by atomic mass is 10.3. The molecule has 0 saturated carbocycles. The van der Waals surface area contributed by atoms with Crippen LogP contribution < -0.4 is 10.1 Å². The van der Waals surface area contributed by atoms with E-state index >= 15 is 0 Å². The third-order valence-electron chi connectivity index (χ3n) is 2.58. The zero-order valence-corrected chi connectivity index (χ0v) is 11.7. The van der Waals surface area contributed by atoms with E-state index in [1.807, 2.05) is 6.92 Å². The smallest absolute Gasteiger partial charge is 0.226 e. The van der Waals surface area contributed by atoms with Gasteiger partial charge in [0.2, 0.25) is 11.9 Å². The number of hydrogen-bond acceptors (Lipinski definition) is 3. The number of rotatable bonds is 5. The number of halogens is 1. The van der Waals surface area contributed by atoms with Gasteiger partial charge >= 0.3 is 0 Å². The Labute approximate surface area is 116 Å². The van der Waals surface area contributed by atoms with Crippen molar-refractivity contribution in [2.75, 3.05) is 11.9 Å². The molecule has 2 N–H and O–H groups in total. The average Bonchev–Trinajstić information content (AvgIpc) is 2.76. The second kappa shape index (κ2) is 5.93. The number of amides is 1. The van der Waals surface area contributed by atoms with Crippen LogP contribution in [0.15, 0.2) is 12.1 Å². The summed E-state index contributed by atoms with van der Waals surface area (Å²) in [7, 11) is 0. The van der Waals surface area contributed by atoms with E-state index in [0.29, 0.717) is 35.3 Å². The molecule has 0 spiro atoms. The van der Waals surface area contributed by atoms with Gasteiger partial charge in [0.1, 0.15) is 5.75 Å². The third-order valence-corrected chi connectivity index (χ3v) is 2.87. The Kier molecular flexibility index (Phi) is 4.27. The molecule has 0 bridgehead atoms. The van der Waals surface area contributed by atoms with Crippen LogP contribution in [0.25, 0.3) is 11.0 Å². The topological polar surface area (TPSA) is 67.0 Å². The van der Waals surface area contributed by atoms with Crippen molar-refractivity contribution in [2.45, 2.75) is 26.7 Å². The first kappa shape index (κ1) is 13.7. The standard InChI is InChI=1S/C13H16ClN3O2/c1-3-5-19-11-7-10-9(6-8(11)14)15-13(16-10)17-12(18)4-2/h6-7H,3-5H2,1-2H3,(H2,15,16,17,18). The Morgan fingerprint density at radius 3 is 2.95 bits per heavy atom. The number of fused-ring (bicyclic) bond motifs is 1. The number of imidazole rings is 1. The molecule has 0 aliphatic carbocycles. The first-order valence-corrected chi connectivity index (χ1v) is 6.63. The van der Waals surface area contributed by atoms with Gasteiger partial charge in [0.15, 0.2) is 0 Å². The molecule has 102 valence electrons. The number of aromatic nitrogens is 2. The van der Waals surface area contributed by atoms with Gasteiger partial charge in [0.25, 0.3) is 0 Å². The summed E-state index contributed by atoms with van der Waals surface area (Å²) in [4.78, 5) is 18.6. The minimum absolute atomic E-state index is 0.0902. The highest BCUT2D eigenvalue weighted by molar-refractivity contribution is 6.32. The summed E-state index contributed by atoms with van der Waals surface area (Å²) < 4.78 is 5.53. The van der Waals surface area contributed by atoms with Crippen LogP contribution in [-0.4, -0.2) is 22.5 Å². The van der Waals surface area contributed by atoms with E-state index in [1.165, 1.54) is 0 Å². The average molecular weight is 282 g/mol. The van der Waals surface area contributed by atoms with Crippen molar-refractivity contribution in [1.29, 1.82) is 0 Å². The SMILES string of the molecule is CCCOc1cc2nc(NC(=O)CC)[nH]c2cc1Cl. The molecule has 0 radical (unpaired) electrons. The van der Waals surface area contributed by atoms with Gasteiger partial charge in [-0.05, 0) is 12.5 Å². The molecule has 0 aliphatic heterocycles. The van der Waals surface area contributed by atoms with Crippen molar-refractivity contribution < 1.29 is 9.53 Å². The van der Waals surface area contributed by atoms with Crippen LogP contribution in [0.2, 0.25) is 5.02 Å². The fourth-order valence-electron chi connectivity index (χ4n) is 1.61. The van der Waals surface area contributed by atoms with E-state index in [4.69, 9.17) is 16.3 Å². The van der Waals surface area contributed by atoms with Crippen molar-refractivity contribution in [2.24, 2.45) is 0 Å². The first-order chi connectivity index (χ1) is 9.13. The van der Waals surface area contributed by atoms with Crippen molar-refractivity contribution >= 4 is 34.5 Å². The van der Waals surface area contributed by atoms with Crippen LogP contribution in [0.1, 0.15) is 26.7 Å². The van der Waals surface area contributed by atoms with Crippen molar-refractivity contribution in [1.82, 2.24) is 9.97 Å². The van der Waals surface area contributed by atoms with Gasteiger partial charge in [-0.1, -0.05) is 25.4 Å². The van der Waals surface area contributed by atoms with Crippen LogP contribution in [0.5, 0.6) is 5.75 Å². The molecule has 1 heterocycles. The summed E-state index contributed by atoms with van der Waals surface area (Å²) >= 11 is 6.12. The molecule has 2 rings (SSSR count). The maximum absolute atomic E-state index is 11.3. The van der Waals surface area contributed by atoms with Crippen LogP contribution in [0.4, 0.5) is 5.95 Å². The zero-order valence-electron chi connectivity index (χ0n) is 10.9. The number of nitrogens with one attached hydrogen (secondary N) is 2. The number of anilines is 1. The second-order valence-electron chi connectivity index (χ2n) is 4.14. The molecule has 0 atom stereocenters. The number of benzene rings is 1. The summed E-state index contributed by atoms with van der Waals surface area (Å²) in [5.74, 6) is 0.939. The van der Waals surface area contributed by atoms with Gasteiger partial charge in [-0.2, -0.15) is 0 Å². The highest BCUT2D eigenvalue weighted by Crippen LogP contribution is 2.29. The highest BCUT2D eigenvalue weighted by Gasteiger charge is 2.10. The number of H-pyrrole nitrogens is 1. The maximum atomic E-state index is 11.3. The summed E-state index contributed by atoms with van der Waals surface area (Å²) in [6.45, 7) is 4.42. The lowest BCUT2D eigenvalue weighted by Gasteiger charge is -2.05. The summed E-state index contributed by atoms with van der Waals surface area (Å²) in [5, 5.41) is 3.20. The van der Waals surface area contributed by atoms with Gasteiger partial charge in [-0.15, -0.1) is 0 Å². The van der Waals surface area contributed by atoms with Gasteiger partial charge in [-0.25, -0.2) is 4.98 Å². The number of ether oxygens (including phenoxy) is 1. The fourth-order valence-corrected chi connectivity index (χ4v) is 1.83. The molecule has 2 aromatic rings. The molecule has 19 heavy (non-hydrogen) atoms. The van der Waals surface area contributed by atoms with Crippen molar-refractivity contribution in [3.63, 3.8) is 0 Å². The maximum Gasteiger partial charge on any atom is 0.226 e. The molecular weight excluding hydrogens is 266 g/mol. The molecule has 0 aliphatic rings. The van der Waals surface area contributed by atoms with E-state index in [0.717, 1.165) is 11.9 Å². The molecule has 0 saturated heterocycles. The van der Waals surface area contributed by atoms with Gasteiger partial charge in [0, 0.05) is 12.5 Å².